The first kappa shape index (κ1) is 16.6. The molecule has 0 aliphatic heterocycles. The van der Waals surface area contributed by atoms with Crippen LogP contribution in [0, 0.1) is 0 Å². The zero-order valence-electron chi connectivity index (χ0n) is 14.6. The van der Waals surface area contributed by atoms with E-state index in [9.17, 15) is 4.79 Å². The van der Waals surface area contributed by atoms with Gasteiger partial charge in [-0.15, -0.1) is 0 Å². The number of benzene rings is 2. The summed E-state index contributed by atoms with van der Waals surface area (Å²) in [7, 11) is 0. The fourth-order valence-electron chi connectivity index (χ4n) is 3.53. The van der Waals surface area contributed by atoms with Crippen molar-refractivity contribution in [2.45, 2.75) is 25.3 Å². The normalized spacial score (nSPS) is 14.0. The molecule has 0 bridgehead atoms. The van der Waals surface area contributed by atoms with Crippen molar-refractivity contribution in [2.75, 3.05) is 11.9 Å². The maximum atomic E-state index is 12.4. The molecule has 4 heteroatoms. The zero-order chi connectivity index (χ0) is 17.8. The SMILES string of the molecule is O=C(CN[C@@H](c1ccccc1)c1ccco1)Nc1ccc2c(c1)CCC2. The van der Waals surface area contributed by atoms with E-state index in [1.54, 1.807) is 6.26 Å². The standard InChI is InChI=1S/C22H22N2O2/c25-21(24-19-12-11-16-8-4-9-18(16)14-19)15-23-22(20-10-5-13-26-20)17-6-2-1-3-7-17/h1-3,5-7,10-14,22-23H,4,8-9,15H2,(H,24,25)/t22-/m0/s1. The number of aryl methyl sites for hydroxylation is 2. The quantitative estimate of drug-likeness (QED) is 0.707. The van der Waals surface area contributed by atoms with Crippen LogP contribution in [0.15, 0.2) is 71.3 Å². The van der Waals surface area contributed by atoms with Crippen molar-refractivity contribution in [2.24, 2.45) is 0 Å². The molecule has 0 saturated heterocycles. The largest absolute Gasteiger partial charge is 0.467 e. The summed E-state index contributed by atoms with van der Waals surface area (Å²) < 4.78 is 5.56. The molecule has 0 saturated carbocycles. The molecule has 4 nitrogen and oxygen atoms in total. The number of hydrogen-bond acceptors (Lipinski definition) is 3. The van der Waals surface area contributed by atoms with Crippen LogP contribution in [0.2, 0.25) is 0 Å². The molecule has 0 radical (unpaired) electrons. The lowest BCUT2D eigenvalue weighted by atomic mass is 10.0. The van der Waals surface area contributed by atoms with Crippen LogP contribution in [0.5, 0.6) is 0 Å². The van der Waals surface area contributed by atoms with Crippen molar-refractivity contribution in [3.05, 3.63) is 89.4 Å². The van der Waals surface area contributed by atoms with E-state index in [0.29, 0.717) is 0 Å². The highest BCUT2D eigenvalue weighted by Crippen LogP contribution is 2.25. The average Bonchev–Trinajstić information content (AvgIpc) is 3.34. The highest BCUT2D eigenvalue weighted by Gasteiger charge is 2.18. The summed E-state index contributed by atoms with van der Waals surface area (Å²) in [5, 5.41) is 6.30. The second kappa shape index (κ2) is 7.58. The predicted octanol–water partition coefficient (Wildman–Crippen LogP) is 4.09. The van der Waals surface area contributed by atoms with Crippen LogP contribution in [0.4, 0.5) is 5.69 Å². The molecule has 1 aliphatic rings. The van der Waals surface area contributed by atoms with E-state index in [1.165, 1.54) is 17.5 Å². The van der Waals surface area contributed by atoms with Gasteiger partial charge in [0.15, 0.2) is 0 Å². The Morgan fingerprint density at radius 3 is 2.65 bits per heavy atom. The number of furan rings is 1. The summed E-state index contributed by atoms with van der Waals surface area (Å²) in [5.41, 5.74) is 4.69. The van der Waals surface area contributed by atoms with E-state index in [2.05, 4.69) is 22.8 Å². The first-order valence-corrected chi connectivity index (χ1v) is 9.03. The zero-order valence-corrected chi connectivity index (χ0v) is 14.6. The molecule has 1 heterocycles. The number of carbonyl (C=O) groups excluding carboxylic acids is 1. The van der Waals surface area contributed by atoms with Crippen molar-refractivity contribution in [3.8, 4) is 0 Å². The summed E-state index contributed by atoms with van der Waals surface area (Å²) in [6.45, 7) is 0.206. The molecule has 0 fully saturated rings. The van der Waals surface area contributed by atoms with Crippen molar-refractivity contribution in [3.63, 3.8) is 0 Å². The van der Waals surface area contributed by atoms with Gasteiger partial charge in [0.25, 0.3) is 0 Å². The van der Waals surface area contributed by atoms with Crippen molar-refractivity contribution < 1.29 is 9.21 Å². The van der Waals surface area contributed by atoms with Gasteiger partial charge in [-0.1, -0.05) is 36.4 Å². The minimum absolute atomic E-state index is 0.0598. The molecule has 0 unspecified atom stereocenters. The lowest BCUT2D eigenvalue weighted by Crippen LogP contribution is -2.31. The number of nitrogens with one attached hydrogen (secondary N) is 2. The second-order valence-electron chi connectivity index (χ2n) is 6.63. The van der Waals surface area contributed by atoms with Crippen LogP contribution in [0.1, 0.15) is 34.9 Å². The Kier molecular flexibility index (Phi) is 4.84. The number of anilines is 1. The fourth-order valence-corrected chi connectivity index (χ4v) is 3.53. The Balaban J connectivity index is 1.42. The van der Waals surface area contributed by atoms with Gasteiger partial charge >= 0.3 is 0 Å². The third kappa shape index (κ3) is 3.70. The molecule has 2 aromatic carbocycles. The average molecular weight is 346 g/mol. The van der Waals surface area contributed by atoms with Crippen molar-refractivity contribution >= 4 is 11.6 Å². The Morgan fingerprint density at radius 1 is 1.00 bits per heavy atom. The number of carbonyl (C=O) groups is 1. The molecule has 1 aromatic heterocycles. The van der Waals surface area contributed by atoms with E-state index in [4.69, 9.17) is 4.42 Å². The molecule has 1 aliphatic carbocycles. The Morgan fingerprint density at radius 2 is 1.85 bits per heavy atom. The van der Waals surface area contributed by atoms with Gasteiger partial charge in [-0.3, -0.25) is 10.1 Å². The van der Waals surface area contributed by atoms with Gasteiger partial charge in [-0.05, 0) is 60.2 Å². The number of rotatable bonds is 6. The van der Waals surface area contributed by atoms with E-state index in [-0.39, 0.29) is 18.5 Å². The molecule has 2 N–H and O–H groups in total. The van der Waals surface area contributed by atoms with Crippen LogP contribution in [-0.2, 0) is 17.6 Å². The third-order valence-electron chi connectivity index (χ3n) is 4.81. The van der Waals surface area contributed by atoms with E-state index in [1.807, 2.05) is 48.5 Å². The van der Waals surface area contributed by atoms with Crippen LogP contribution < -0.4 is 10.6 Å². The monoisotopic (exact) mass is 346 g/mol. The van der Waals surface area contributed by atoms with Gasteiger partial charge in [0, 0.05) is 5.69 Å². The minimum atomic E-state index is -0.156. The highest BCUT2D eigenvalue weighted by molar-refractivity contribution is 5.92. The van der Waals surface area contributed by atoms with Crippen LogP contribution >= 0.6 is 0 Å². The maximum Gasteiger partial charge on any atom is 0.238 e. The molecule has 4 rings (SSSR count). The summed E-state index contributed by atoms with van der Waals surface area (Å²) in [6, 6.07) is 19.8. The number of hydrogen-bond donors (Lipinski definition) is 2. The highest BCUT2D eigenvalue weighted by atomic mass is 16.3. The first-order valence-electron chi connectivity index (χ1n) is 9.03. The van der Waals surface area contributed by atoms with Crippen LogP contribution in [0.25, 0.3) is 0 Å². The van der Waals surface area contributed by atoms with E-state index >= 15 is 0 Å². The van der Waals surface area contributed by atoms with Gasteiger partial charge in [-0.2, -0.15) is 0 Å². The Bertz CT molecular complexity index is 872. The van der Waals surface area contributed by atoms with E-state index < -0.39 is 0 Å². The molecule has 0 spiro atoms. The van der Waals surface area contributed by atoms with Gasteiger partial charge in [0.1, 0.15) is 5.76 Å². The lowest BCUT2D eigenvalue weighted by molar-refractivity contribution is -0.115. The summed E-state index contributed by atoms with van der Waals surface area (Å²) in [6.07, 6.45) is 5.10. The Labute approximate surface area is 153 Å². The van der Waals surface area contributed by atoms with Crippen molar-refractivity contribution in [1.29, 1.82) is 0 Å². The maximum absolute atomic E-state index is 12.4. The predicted molar refractivity (Wildman–Crippen MR) is 102 cm³/mol. The Hall–Kier alpha value is -2.85. The number of fused-ring (bicyclic) bond motifs is 1. The molecule has 26 heavy (non-hydrogen) atoms. The third-order valence-corrected chi connectivity index (χ3v) is 4.81. The molecular weight excluding hydrogens is 324 g/mol. The summed E-state index contributed by atoms with van der Waals surface area (Å²) in [4.78, 5) is 12.4. The number of amides is 1. The lowest BCUT2D eigenvalue weighted by Gasteiger charge is -2.17. The van der Waals surface area contributed by atoms with Crippen LogP contribution in [-0.4, -0.2) is 12.5 Å². The van der Waals surface area contributed by atoms with Crippen LogP contribution in [0.3, 0.4) is 0 Å². The van der Waals surface area contributed by atoms with Gasteiger partial charge in [-0.25, -0.2) is 0 Å². The molecule has 1 atom stereocenters. The smallest absolute Gasteiger partial charge is 0.238 e. The van der Waals surface area contributed by atoms with Gasteiger partial charge in [0.2, 0.25) is 5.91 Å². The molecule has 132 valence electrons. The first-order chi connectivity index (χ1) is 12.8. The van der Waals surface area contributed by atoms with Crippen molar-refractivity contribution in [1.82, 2.24) is 5.32 Å². The molecule has 3 aromatic rings. The topological polar surface area (TPSA) is 54.3 Å². The summed E-state index contributed by atoms with van der Waals surface area (Å²) >= 11 is 0. The van der Waals surface area contributed by atoms with Gasteiger partial charge < -0.3 is 9.73 Å². The van der Waals surface area contributed by atoms with E-state index in [0.717, 1.165) is 29.9 Å². The minimum Gasteiger partial charge on any atom is -0.467 e. The molecule has 1 amide bonds. The fraction of sp³-hybridized carbons (Fsp3) is 0.227. The molecular formula is C22H22N2O2. The van der Waals surface area contributed by atoms with Gasteiger partial charge in [0.05, 0.1) is 18.8 Å². The summed E-state index contributed by atoms with van der Waals surface area (Å²) in [5.74, 6) is 0.733. The second-order valence-corrected chi connectivity index (χ2v) is 6.63.